The fourth-order valence-electron chi connectivity index (χ4n) is 2.26. The van der Waals surface area contributed by atoms with Crippen LogP contribution in [-0.2, 0) is 4.79 Å². The number of benzene rings is 1. The minimum atomic E-state index is 0.190. The minimum absolute atomic E-state index is 0.190. The normalized spacial score (nSPS) is 17.1. The molecule has 1 saturated heterocycles. The highest BCUT2D eigenvalue weighted by molar-refractivity contribution is 5.73. The largest absolute Gasteiger partial charge is 0.340 e. The van der Waals surface area contributed by atoms with Crippen LogP contribution in [0.5, 0.6) is 0 Å². The van der Waals surface area contributed by atoms with Crippen molar-refractivity contribution in [3.05, 3.63) is 41.5 Å². The Balaban J connectivity index is 1.77. The Labute approximate surface area is 115 Å². The smallest absolute Gasteiger partial charge is 0.219 e. The van der Waals surface area contributed by atoms with Crippen molar-refractivity contribution in [2.75, 3.05) is 32.7 Å². The summed E-state index contributed by atoms with van der Waals surface area (Å²) in [5.74, 6) is 0.190. The second kappa shape index (κ2) is 6.53. The molecule has 0 saturated carbocycles. The highest BCUT2D eigenvalue weighted by Gasteiger charge is 2.16. The van der Waals surface area contributed by atoms with Gasteiger partial charge in [0, 0.05) is 39.6 Å². The van der Waals surface area contributed by atoms with Crippen LogP contribution in [0.1, 0.15) is 18.1 Å². The van der Waals surface area contributed by atoms with Gasteiger partial charge < -0.3 is 4.90 Å². The summed E-state index contributed by atoms with van der Waals surface area (Å²) in [5, 5.41) is 0. The van der Waals surface area contributed by atoms with Gasteiger partial charge in [0.15, 0.2) is 0 Å². The predicted molar refractivity (Wildman–Crippen MR) is 78.9 cm³/mol. The SMILES string of the molecule is CC(=O)N1CCN(C/C=C/c2ccc(C)cc2)CC1. The van der Waals surface area contributed by atoms with Crippen molar-refractivity contribution in [3.8, 4) is 0 Å². The molecule has 0 bridgehead atoms. The van der Waals surface area contributed by atoms with Gasteiger partial charge in [0.25, 0.3) is 0 Å². The van der Waals surface area contributed by atoms with Gasteiger partial charge in [-0.05, 0) is 12.5 Å². The zero-order valence-corrected chi connectivity index (χ0v) is 11.8. The molecule has 0 aliphatic carbocycles. The molecule has 19 heavy (non-hydrogen) atoms. The highest BCUT2D eigenvalue weighted by atomic mass is 16.2. The van der Waals surface area contributed by atoms with Gasteiger partial charge in [-0.1, -0.05) is 42.0 Å². The number of hydrogen-bond acceptors (Lipinski definition) is 2. The summed E-state index contributed by atoms with van der Waals surface area (Å²) in [5.41, 5.74) is 2.53. The number of hydrogen-bond donors (Lipinski definition) is 0. The van der Waals surface area contributed by atoms with Gasteiger partial charge in [-0.15, -0.1) is 0 Å². The molecule has 102 valence electrons. The van der Waals surface area contributed by atoms with Crippen LogP contribution in [-0.4, -0.2) is 48.4 Å². The van der Waals surface area contributed by atoms with E-state index >= 15 is 0 Å². The van der Waals surface area contributed by atoms with E-state index in [0.29, 0.717) is 0 Å². The van der Waals surface area contributed by atoms with Crippen LogP contribution in [0.25, 0.3) is 6.08 Å². The molecule has 1 aromatic rings. The van der Waals surface area contributed by atoms with E-state index in [0.717, 1.165) is 32.7 Å². The van der Waals surface area contributed by atoms with Gasteiger partial charge in [-0.2, -0.15) is 0 Å². The van der Waals surface area contributed by atoms with E-state index in [-0.39, 0.29) is 5.91 Å². The second-order valence-electron chi connectivity index (χ2n) is 5.12. The van der Waals surface area contributed by atoms with Crippen LogP contribution in [0.3, 0.4) is 0 Å². The first kappa shape index (κ1) is 13.8. The van der Waals surface area contributed by atoms with Gasteiger partial charge in [0.1, 0.15) is 0 Å². The molecule has 3 nitrogen and oxygen atoms in total. The molecule has 2 rings (SSSR count). The Morgan fingerprint density at radius 2 is 1.79 bits per heavy atom. The lowest BCUT2D eigenvalue weighted by Crippen LogP contribution is -2.47. The Bertz CT molecular complexity index is 442. The average Bonchev–Trinajstić information content (AvgIpc) is 2.41. The number of nitrogens with zero attached hydrogens (tertiary/aromatic N) is 2. The van der Waals surface area contributed by atoms with Crippen LogP contribution in [0.4, 0.5) is 0 Å². The molecule has 0 atom stereocenters. The first-order valence-electron chi connectivity index (χ1n) is 6.86. The Morgan fingerprint density at radius 1 is 1.16 bits per heavy atom. The quantitative estimate of drug-likeness (QED) is 0.829. The maximum atomic E-state index is 11.2. The molecule has 1 aromatic carbocycles. The van der Waals surface area contributed by atoms with E-state index in [9.17, 15) is 4.79 Å². The standard InChI is InChI=1S/C16H22N2O/c1-14-5-7-16(8-6-14)4-3-9-17-10-12-18(13-11-17)15(2)19/h3-8H,9-13H2,1-2H3/b4-3+. The number of carbonyl (C=O) groups is 1. The molecular formula is C16H22N2O. The molecular weight excluding hydrogens is 236 g/mol. The van der Waals surface area contributed by atoms with Crippen LogP contribution < -0.4 is 0 Å². The van der Waals surface area contributed by atoms with Gasteiger partial charge in [0.2, 0.25) is 5.91 Å². The summed E-state index contributed by atoms with van der Waals surface area (Å²) in [4.78, 5) is 15.5. The lowest BCUT2D eigenvalue weighted by Gasteiger charge is -2.33. The third kappa shape index (κ3) is 4.21. The van der Waals surface area contributed by atoms with Crippen LogP contribution in [0.15, 0.2) is 30.3 Å². The van der Waals surface area contributed by atoms with Crippen molar-refractivity contribution in [3.63, 3.8) is 0 Å². The third-order valence-electron chi connectivity index (χ3n) is 3.57. The molecule has 0 spiro atoms. The van der Waals surface area contributed by atoms with E-state index < -0.39 is 0 Å². The molecule has 1 heterocycles. The van der Waals surface area contributed by atoms with Crippen molar-refractivity contribution in [1.29, 1.82) is 0 Å². The number of piperazine rings is 1. The van der Waals surface area contributed by atoms with E-state index in [1.54, 1.807) is 6.92 Å². The summed E-state index contributed by atoms with van der Waals surface area (Å²) in [7, 11) is 0. The van der Waals surface area contributed by atoms with Crippen molar-refractivity contribution < 1.29 is 4.79 Å². The topological polar surface area (TPSA) is 23.6 Å². The molecule has 0 aromatic heterocycles. The Hall–Kier alpha value is -1.61. The lowest BCUT2D eigenvalue weighted by molar-refractivity contribution is -0.130. The van der Waals surface area contributed by atoms with Gasteiger partial charge in [-0.3, -0.25) is 9.69 Å². The monoisotopic (exact) mass is 258 g/mol. The number of rotatable bonds is 3. The number of carbonyl (C=O) groups excluding carboxylic acids is 1. The zero-order valence-electron chi connectivity index (χ0n) is 11.8. The fraction of sp³-hybridized carbons (Fsp3) is 0.438. The van der Waals surface area contributed by atoms with Crippen molar-refractivity contribution in [2.45, 2.75) is 13.8 Å². The first-order valence-corrected chi connectivity index (χ1v) is 6.86. The lowest BCUT2D eigenvalue weighted by atomic mass is 10.1. The summed E-state index contributed by atoms with van der Waals surface area (Å²) in [6.45, 7) is 8.35. The van der Waals surface area contributed by atoms with E-state index in [1.807, 2.05) is 4.90 Å². The van der Waals surface area contributed by atoms with Crippen LogP contribution >= 0.6 is 0 Å². The Kier molecular flexibility index (Phi) is 4.74. The van der Waals surface area contributed by atoms with Gasteiger partial charge in [-0.25, -0.2) is 0 Å². The molecule has 3 heteroatoms. The molecule has 0 unspecified atom stereocenters. The van der Waals surface area contributed by atoms with Gasteiger partial charge >= 0.3 is 0 Å². The van der Waals surface area contributed by atoms with Crippen LogP contribution in [0.2, 0.25) is 0 Å². The third-order valence-corrected chi connectivity index (χ3v) is 3.57. The molecule has 0 radical (unpaired) electrons. The minimum Gasteiger partial charge on any atom is -0.340 e. The second-order valence-corrected chi connectivity index (χ2v) is 5.12. The van der Waals surface area contributed by atoms with E-state index in [2.05, 4.69) is 48.2 Å². The zero-order chi connectivity index (χ0) is 13.7. The van der Waals surface area contributed by atoms with Crippen molar-refractivity contribution >= 4 is 12.0 Å². The molecule has 1 fully saturated rings. The highest BCUT2D eigenvalue weighted by Crippen LogP contribution is 2.06. The molecule has 1 aliphatic heterocycles. The summed E-state index contributed by atoms with van der Waals surface area (Å²) >= 11 is 0. The number of amides is 1. The maximum absolute atomic E-state index is 11.2. The first-order chi connectivity index (χ1) is 9.15. The summed E-state index contributed by atoms with van der Waals surface area (Å²) in [6, 6.07) is 8.54. The Morgan fingerprint density at radius 3 is 2.37 bits per heavy atom. The molecule has 0 N–H and O–H groups in total. The summed E-state index contributed by atoms with van der Waals surface area (Å²) < 4.78 is 0. The predicted octanol–water partition coefficient (Wildman–Crippen LogP) is 2.17. The van der Waals surface area contributed by atoms with Crippen LogP contribution in [0, 0.1) is 6.92 Å². The van der Waals surface area contributed by atoms with Crippen molar-refractivity contribution in [2.24, 2.45) is 0 Å². The fourth-order valence-corrected chi connectivity index (χ4v) is 2.26. The summed E-state index contributed by atoms with van der Waals surface area (Å²) in [6.07, 6.45) is 4.37. The van der Waals surface area contributed by atoms with Gasteiger partial charge in [0.05, 0.1) is 0 Å². The van der Waals surface area contributed by atoms with E-state index in [1.165, 1.54) is 11.1 Å². The molecule has 1 aliphatic rings. The number of aryl methyl sites for hydroxylation is 1. The maximum Gasteiger partial charge on any atom is 0.219 e. The average molecular weight is 258 g/mol. The van der Waals surface area contributed by atoms with E-state index in [4.69, 9.17) is 0 Å². The van der Waals surface area contributed by atoms with Crippen molar-refractivity contribution in [1.82, 2.24) is 9.80 Å². The molecule has 1 amide bonds.